The Morgan fingerprint density at radius 1 is 1.38 bits per heavy atom. The predicted octanol–water partition coefficient (Wildman–Crippen LogP) is 0.862. The second kappa shape index (κ2) is 1.47. The van der Waals surface area contributed by atoms with Crippen LogP contribution in [0.2, 0.25) is 0 Å². The first-order valence-corrected chi connectivity index (χ1v) is 3.58. The average molecular weight is 111 g/mol. The minimum Gasteiger partial charge on any atom is -0.316 e. The lowest BCUT2D eigenvalue weighted by molar-refractivity contribution is 0.140. The molecule has 0 aromatic heterocycles. The summed E-state index contributed by atoms with van der Waals surface area (Å²) in [5, 5.41) is 3.41. The quantitative estimate of drug-likeness (QED) is 0.489. The molecule has 1 saturated heterocycles. The summed E-state index contributed by atoms with van der Waals surface area (Å²) in [4.78, 5) is 0. The van der Waals surface area contributed by atoms with E-state index < -0.39 is 0 Å². The number of nitrogens with one attached hydrogen (secondary N) is 1. The van der Waals surface area contributed by atoms with Gasteiger partial charge < -0.3 is 5.32 Å². The Hall–Kier alpha value is -0.0400. The van der Waals surface area contributed by atoms with Crippen molar-refractivity contribution in [1.82, 2.24) is 5.32 Å². The SMILES string of the molecule is C[C@@H]1CC2CNCC21. The van der Waals surface area contributed by atoms with Crippen LogP contribution >= 0.6 is 0 Å². The van der Waals surface area contributed by atoms with Crippen LogP contribution in [-0.2, 0) is 0 Å². The maximum atomic E-state index is 3.41. The smallest absolute Gasteiger partial charge is 0.00147 e. The molecule has 46 valence electrons. The summed E-state index contributed by atoms with van der Waals surface area (Å²) >= 11 is 0. The van der Waals surface area contributed by atoms with Gasteiger partial charge in [-0.15, -0.1) is 0 Å². The van der Waals surface area contributed by atoms with Crippen LogP contribution in [0, 0.1) is 17.8 Å². The Balaban J connectivity index is 2.02. The van der Waals surface area contributed by atoms with Crippen molar-refractivity contribution < 1.29 is 0 Å². The van der Waals surface area contributed by atoms with Crippen molar-refractivity contribution in [3.63, 3.8) is 0 Å². The zero-order chi connectivity index (χ0) is 5.56. The molecule has 2 fully saturated rings. The van der Waals surface area contributed by atoms with Gasteiger partial charge >= 0.3 is 0 Å². The fraction of sp³-hybridized carbons (Fsp3) is 1.00. The van der Waals surface area contributed by atoms with Gasteiger partial charge in [0.25, 0.3) is 0 Å². The molecule has 0 radical (unpaired) electrons. The Labute approximate surface area is 50.5 Å². The highest BCUT2D eigenvalue weighted by atomic mass is 14.9. The maximum Gasteiger partial charge on any atom is -0.00147 e. The van der Waals surface area contributed by atoms with Gasteiger partial charge in [0.15, 0.2) is 0 Å². The van der Waals surface area contributed by atoms with Crippen molar-refractivity contribution in [3.8, 4) is 0 Å². The molecule has 1 aliphatic heterocycles. The van der Waals surface area contributed by atoms with Crippen molar-refractivity contribution in [1.29, 1.82) is 0 Å². The minimum atomic E-state index is 1.02. The van der Waals surface area contributed by atoms with Gasteiger partial charge in [0.2, 0.25) is 0 Å². The standard InChI is InChI=1S/C7H13N/c1-5-2-6-3-8-4-7(5)6/h5-8H,2-4H2,1H3/t5-,6?,7?/m1/s1. The number of hydrogen-bond donors (Lipinski definition) is 1. The summed E-state index contributed by atoms with van der Waals surface area (Å²) in [7, 11) is 0. The Kier molecular flexibility index (Phi) is 0.884. The Morgan fingerprint density at radius 2 is 2.25 bits per heavy atom. The lowest BCUT2D eigenvalue weighted by Gasteiger charge is -2.36. The molecule has 1 heteroatoms. The van der Waals surface area contributed by atoms with Gasteiger partial charge in [-0.1, -0.05) is 6.92 Å². The molecule has 3 atom stereocenters. The van der Waals surface area contributed by atoms with Gasteiger partial charge in [-0.2, -0.15) is 0 Å². The highest BCUT2D eigenvalue weighted by Gasteiger charge is 2.40. The lowest BCUT2D eigenvalue weighted by atomic mass is 9.68. The molecule has 0 aromatic carbocycles. The first-order valence-electron chi connectivity index (χ1n) is 3.58. The Morgan fingerprint density at radius 3 is 2.75 bits per heavy atom. The third kappa shape index (κ3) is 0.455. The number of fused-ring (bicyclic) bond motifs is 1. The molecular formula is C7H13N. The van der Waals surface area contributed by atoms with E-state index in [1.165, 1.54) is 19.5 Å². The van der Waals surface area contributed by atoms with Crippen molar-refractivity contribution in [3.05, 3.63) is 0 Å². The Bertz CT molecular complexity index is 101. The van der Waals surface area contributed by atoms with E-state index in [2.05, 4.69) is 12.2 Å². The zero-order valence-electron chi connectivity index (χ0n) is 5.35. The number of hydrogen-bond acceptors (Lipinski definition) is 1. The van der Waals surface area contributed by atoms with Crippen molar-refractivity contribution in [2.24, 2.45) is 17.8 Å². The van der Waals surface area contributed by atoms with E-state index in [0.29, 0.717) is 0 Å². The first kappa shape index (κ1) is 4.80. The van der Waals surface area contributed by atoms with Gasteiger partial charge in [-0.3, -0.25) is 0 Å². The molecule has 0 bridgehead atoms. The predicted molar refractivity (Wildman–Crippen MR) is 33.6 cm³/mol. The third-order valence-corrected chi connectivity index (χ3v) is 2.80. The van der Waals surface area contributed by atoms with Gasteiger partial charge in [0, 0.05) is 0 Å². The summed E-state index contributed by atoms with van der Waals surface area (Å²) in [6.45, 7) is 4.97. The van der Waals surface area contributed by atoms with Gasteiger partial charge in [-0.05, 0) is 37.3 Å². The largest absolute Gasteiger partial charge is 0.316 e. The van der Waals surface area contributed by atoms with Crippen LogP contribution in [0.5, 0.6) is 0 Å². The van der Waals surface area contributed by atoms with Gasteiger partial charge in [-0.25, -0.2) is 0 Å². The zero-order valence-corrected chi connectivity index (χ0v) is 5.35. The van der Waals surface area contributed by atoms with E-state index in [-0.39, 0.29) is 0 Å². The van der Waals surface area contributed by atoms with Crippen LogP contribution in [-0.4, -0.2) is 13.1 Å². The lowest BCUT2D eigenvalue weighted by Crippen LogP contribution is -2.33. The van der Waals surface area contributed by atoms with E-state index >= 15 is 0 Å². The van der Waals surface area contributed by atoms with E-state index in [1.54, 1.807) is 0 Å². The summed E-state index contributed by atoms with van der Waals surface area (Å²) in [6.07, 6.45) is 1.48. The number of rotatable bonds is 0. The van der Waals surface area contributed by atoms with E-state index in [1.807, 2.05) is 0 Å². The van der Waals surface area contributed by atoms with Gasteiger partial charge in [0.05, 0.1) is 0 Å². The molecule has 2 aliphatic rings. The topological polar surface area (TPSA) is 12.0 Å². The molecule has 1 N–H and O–H groups in total. The molecule has 2 unspecified atom stereocenters. The van der Waals surface area contributed by atoms with Crippen LogP contribution in [0.4, 0.5) is 0 Å². The molecular weight excluding hydrogens is 98.1 g/mol. The summed E-state index contributed by atoms with van der Waals surface area (Å²) in [6, 6.07) is 0. The van der Waals surface area contributed by atoms with E-state index in [9.17, 15) is 0 Å². The summed E-state index contributed by atoms with van der Waals surface area (Å²) < 4.78 is 0. The molecule has 1 nitrogen and oxygen atoms in total. The first-order chi connectivity index (χ1) is 3.88. The van der Waals surface area contributed by atoms with Gasteiger partial charge in [0.1, 0.15) is 0 Å². The highest BCUT2D eigenvalue weighted by Crippen LogP contribution is 2.41. The van der Waals surface area contributed by atoms with Crippen LogP contribution in [0.25, 0.3) is 0 Å². The van der Waals surface area contributed by atoms with Crippen molar-refractivity contribution in [2.75, 3.05) is 13.1 Å². The third-order valence-electron chi connectivity index (χ3n) is 2.80. The average Bonchev–Trinajstić information content (AvgIpc) is 2.09. The van der Waals surface area contributed by atoms with Crippen molar-refractivity contribution >= 4 is 0 Å². The minimum absolute atomic E-state index is 1.02. The molecule has 1 aliphatic carbocycles. The second-order valence-electron chi connectivity index (χ2n) is 3.30. The fourth-order valence-electron chi connectivity index (χ4n) is 2.13. The monoisotopic (exact) mass is 111 g/mol. The molecule has 1 saturated carbocycles. The molecule has 2 rings (SSSR count). The van der Waals surface area contributed by atoms with Crippen LogP contribution < -0.4 is 5.32 Å². The van der Waals surface area contributed by atoms with Crippen LogP contribution in [0.15, 0.2) is 0 Å². The van der Waals surface area contributed by atoms with Crippen LogP contribution in [0.3, 0.4) is 0 Å². The molecule has 0 amide bonds. The van der Waals surface area contributed by atoms with Crippen molar-refractivity contribution in [2.45, 2.75) is 13.3 Å². The molecule has 0 spiro atoms. The van der Waals surface area contributed by atoms with E-state index in [0.717, 1.165) is 17.8 Å². The summed E-state index contributed by atoms with van der Waals surface area (Å²) in [5.74, 6) is 3.13. The highest BCUT2D eigenvalue weighted by molar-refractivity contribution is 4.93. The van der Waals surface area contributed by atoms with Crippen LogP contribution in [0.1, 0.15) is 13.3 Å². The normalized spacial score (nSPS) is 52.9. The summed E-state index contributed by atoms with van der Waals surface area (Å²) in [5.41, 5.74) is 0. The maximum absolute atomic E-state index is 3.41. The van der Waals surface area contributed by atoms with E-state index in [4.69, 9.17) is 0 Å². The molecule has 0 aromatic rings. The molecule has 1 heterocycles. The fourth-order valence-corrected chi connectivity index (χ4v) is 2.13. The second-order valence-corrected chi connectivity index (χ2v) is 3.30. The molecule has 8 heavy (non-hydrogen) atoms.